The molecule has 2 saturated carbocycles. The quantitative estimate of drug-likeness (QED) is 0.111. The Morgan fingerprint density at radius 1 is 0.404 bits per heavy atom. The molecule has 12 fully saturated rings. The number of piperazine rings is 4. The van der Waals surface area contributed by atoms with Crippen LogP contribution in [0.2, 0.25) is 15.1 Å². The second kappa shape index (κ2) is 35.5. The number of fused-ring (bicyclic) bond motifs is 8. The molecule has 8 bridgehead atoms. The van der Waals surface area contributed by atoms with Crippen molar-refractivity contribution in [3.8, 4) is 11.5 Å². The van der Waals surface area contributed by atoms with Gasteiger partial charge in [0, 0.05) is 181 Å². The predicted octanol–water partition coefficient (Wildman–Crippen LogP) is 14.7. The monoisotopic (exact) mass is 1490 g/mol. The number of methoxy groups -OCH3 is 2. The first kappa shape index (κ1) is 76.4. The number of carbonyl (C=O) groups is 3. The lowest BCUT2D eigenvalue weighted by atomic mass is 9.90. The molecule has 22 heteroatoms. The van der Waals surface area contributed by atoms with E-state index >= 15 is 0 Å². The third-order valence-corrected chi connectivity index (χ3v) is 26.4. The van der Waals surface area contributed by atoms with Crippen molar-refractivity contribution in [2.24, 2.45) is 17.8 Å². The summed E-state index contributed by atoms with van der Waals surface area (Å²) >= 11 is 18.7. The van der Waals surface area contributed by atoms with Crippen LogP contribution in [-0.2, 0) is 14.2 Å². The number of halogens is 3. The van der Waals surface area contributed by atoms with Crippen LogP contribution in [0.1, 0.15) is 135 Å². The molecule has 10 saturated heterocycles. The molecule has 0 spiro atoms. The Kier molecular flexibility index (Phi) is 26.1. The van der Waals surface area contributed by atoms with E-state index in [9.17, 15) is 14.4 Å². The number of hydrogen-bond acceptors (Lipinski definition) is 16. The van der Waals surface area contributed by atoms with Crippen LogP contribution >= 0.6 is 34.8 Å². The van der Waals surface area contributed by atoms with Gasteiger partial charge in [0.05, 0.1) is 56.1 Å². The maximum atomic E-state index is 12.3. The highest BCUT2D eigenvalue weighted by molar-refractivity contribution is 6.33. The minimum atomic E-state index is -0.119. The van der Waals surface area contributed by atoms with Crippen LogP contribution in [0.3, 0.4) is 0 Å². The summed E-state index contributed by atoms with van der Waals surface area (Å²) in [5, 5.41) is 2.37. The van der Waals surface area contributed by atoms with Gasteiger partial charge in [0.1, 0.15) is 11.5 Å². The molecular formula is C82H118Cl3N11O8. The van der Waals surface area contributed by atoms with Crippen molar-refractivity contribution in [3.63, 3.8) is 0 Å². The van der Waals surface area contributed by atoms with E-state index in [2.05, 4.69) is 83.4 Å². The number of para-hydroxylation sites is 1. The largest absolute Gasteiger partial charge is 0.495 e. The van der Waals surface area contributed by atoms with Gasteiger partial charge in [-0.25, -0.2) is 14.4 Å². The lowest BCUT2D eigenvalue weighted by Gasteiger charge is -2.46. The Hall–Kier alpha value is -5.80. The molecule has 104 heavy (non-hydrogen) atoms. The van der Waals surface area contributed by atoms with Crippen LogP contribution < -0.4 is 29.1 Å². The normalized spacial score (nSPS) is 29.0. The van der Waals surface area contributed by atoms with Gasteiger partial charge in [0.25, 0.3) is 0 Å². The van der Waals surface area contributed by atoms with Crippen LogP contribution in [0.15, 0.2) is 78.9 Å². The van der Waals surface area contributed by atoms with Gasteiger partial charge < -0.3 is 58.0 Å². The molecule has 10 aliphatic heterocycles. The van der Waals surface area contributed by atoms with Crippen molar-refractivity contribution >= 4 is 75.8 Å². The van der Waals surface area contributed by atoms with E-state index in [-0.39, 0.29) is 18.3 Å². The number of benzene rings is 4. The molecule has 4 aromatic carbocycles. The third kappa shape index (κ3) is 17.8. The molecule has 9 unspecified atom stereocenters. The standard InChI is InChI=1S/C22H32ClN3O3.C22H33N3O2.C21H30ClN3O3.C17H23ClN2/c1-3-29-22(27)26-18-5-6-19(26)13-16(12-18)15-24-8-10-25(11-9-24)20-14-17(23)4-7-21(20)28-2;1-4-27-22(26)25-18-7-8-19(25)15-20(14-18)23-9-11-24(12-10-23)21-13-16(2)5-6-17(21)3;1-3-28-21(26)25-16-5-6-17(25)14-18(13-16)23-8-10-24(11-9-23)19-12-15(22)4-7-20(19)27-2;18-15-3-1-2-4-16(15)19-7-9-20(10-8-19)17-12-13-5-6-14(17)11-13/h4,7,14,16,18-19H,3,5-6,8-13,15H2,1-2H3;5-6,13,18-20H,4,7-12,14-15H2,1-3H3;4,7,12,16-18H,3,5-6,8-11,13-14H2,1-2H3;1-4,13-14,17H,5-12H2. The number of aryl methyl sites for hydroxylation is 2. The maximum absolute atomic E-state index is 12.3. The average molecular weight is 1490 g/mol. The van der Waals surface area contributed by atoms with Crippen LogP contribution in [0, 0.1) is 31.6 Å². The molecule has 570 valence electrons. The number of amides is 3. The van der Waals surface area contributed by atoms with Crippen LogP contribution in [0.4, 0.5) is 37.1 Å². The van der Waals surface area contributed by atoms with Crippen molar-refractivity contribution in [1.82, 2.24) is 34.3 Å². The Bertz CT molecular complexity index is 3450. The number of carbonyl (C=O) groups excluding carboxylic acids is 3. The summed E-state index contributed by atoms with van der Waals surface area (Å²) < 4.78 is 26.9. The highest BCUT2D eigenvalue weighted by Crippen LogP contribution is 2.48. The van der Waals surface area contributed by atoms with Crippen molar-refractivity contribution in [1.29, 1.82) is 0 Å². The number of ether oxygens (including phenoxy) is 5. The van der Waals surface area contributed by atoms with Gasteiger partial charge in [0.2, 0.25) is 0 Å². The number of nitrogens with zero attached hydrogens (tertiary/aromatic N) is 11. The van der Waals surface area contributed by atoms with Crippen LogP contribution in [-0.4, -0.2) is 252 Å². The van der Waals surface area contributed by atoms with E-state index in [4.69, 9.17) is 58.5 Å². The molecule has 10 heterocycles. The number of anilines is 4. The fourth-order valence-electron chi connectivity index (χ4n) is 20.6. The third-order valence-electron chi connectivity index (χ3n) is 25.6. The first-order valence-electron chi connectivity index (χ1n) is 39.8. The molecular weight excluding hydrogens is 1370 g/mol. The fraction of sp³-hybridized carbons (Fsp3) is 0.671. The van der Waals surface area contributed by atoms with Gasteiger partial charge in [-0.15, -0.1) is 0 Å². The smallest absolute Gasteiger partial charge is 0.410 e. The van der Waals surface area contributed by atoms with Crippen molar-refractivity contribution in [2.45, 2.75) is 192 Å². The predicted molar refractivity (Wildman–Crippen MR) is 418 cm³/mol. The number of hydrogen-bond donors (Lipinski definition) is 0. The summed E-state index contributed by atoms with van der Waals surface area (Å²) in [4.78, 5) is 63.3. The molecule has 3 amide bonds. The summed E-state index contributed by atoms with van der Waals surface area (Å²) in [5.74, 6) is 4.48. The van der Waals surface area contributed by atoms with Gasteiger partial charge in [0.15, 0.2) is 0 Å². The number of rotatable bonds is 14. The molecule has 19 nitrogen and oxygen atoms in total. The molecule has 9 atom stereocenters. The molecule has 12 aliphatic rings. The first-order valence-corrected chi connectivity index (χ1v) is 41.0. The van der Waals surface area contributed by atoms with Gasteiger partial charge in [-0.3, -0.25) is 19.6 Å². The molecule has 2 aliphatic carbocycles. The minimum absolute atomic E-state index is 0.0943. The van der Waals surface area contributed by atoms with E-state index in [0.717, 1.165) is 231 Å². The molecule has 0 radical (unpaired) electrons. The van der Waals surface area contributed by atoms with Gasteiger partial charge in [-0.05, 0) is 214 Å². The second-order valence-electron chi connectivity index (χ2n) is 31.5. The van der Waals surface area contributed by atoms with Gasteiger partial charge in [-0.1, -0.05) is 65.5 Å². The summed E-state index contributed by atoms with van der Waals surface area (Å²) in [6.45, 7) is 29.7. The topological polar surface area (TPSA) is 133 Å². The molecule has 0 aromatic heterocycles. The van der Waals surface area contributed by atoms with Crippen molar-refractivity contribution in [2.75, 3.05) is 165 Å². The lowest BCUT2D eigenvalue weighted by molar-refractivity contribution is 0.0390. The Morgan fingerprint density at radius 3 is 1.23 bits per heavy atom. The second-order valence-corrected chi connectivity index (χ2v) is 32.8. The summed E-state index contributed by atoms with van der Waals surface area (Å²) in [7, 11) is 3.41. The van der Waals surface area contributed by atoms with Gasteiger partial charge in [-0.2, -0.15) is 0 Å². The van der Waals surface area contributed by atoms with E-state index in [1.165, 1.54) is 61.3 Å². The SMILES string of the molecule is CCOC(=O)N1C2CCC1CC(CN1CCN(c3cc(Cl)ccc3OC)CC1)C2.CCOC(=O)N1C2CCC1CC(N1CCN(c3cc(C)ccc3C)CC1)C2.CCOC(=O)N1C2CCC1CC(N1CCN(c3cc(Cl)ccc3OC)CC1)C2.Clc1ccccc1N1CCN(C2CC3CCC2C3)CC1. The fourth-order valence-corrected chi connectivity index (χ4v) is 21.1. The summed E-state index contributed by atoms with van der Waals surface area (Å²) in [6, 6.07) is 30.9. The summed E-state index contributed by atoms with van der Waals surface area (Å²) in [5.41, 5.74) is 7.47. The highest BCUT2D eigenvalue weighted by atomic mass is 35.5. The van der Waals surface area contributed by atoms with Crippen LogP contribution in [0.5, 0.6) is 11.5 Å². The lowest BCUT2D eigenvalue weighted by Crippen LogP contribution is -2.56. The highest BCUT2D eigenvalue weighted by Gasteiger charge is 2.49. The Balaban J connectivity index is 0.000000124. The molecule has 0 N–H and O–H groups in total. The Labute approximate surface area is 635 Å². The van der Waals surface area contributed by atoms with Gasteiger partial charge >= 0.3 is 18.3 Å². The van der Waals surface area contributed by atoms with Crippen LogP contribution in [0.25, 0.3) is 0 Å². The zero-order chi connectivity index (χ0) is 72.5. The Morgan fingerprint density at radius 2 is 0.817 bits per heavy atom. The van der Waals surface area contributed by atoms with E-state index in [1.54, 1.807) is 14.2 Å². The zero-order valence-corrected chi connectivity index (χ0v) is 65.5. The van der Waals surface area contributed by atoms with E-state index in [0.29, 0.717) is 74.1 Å². The van der Waals surface area contributed by atoms with Crippen molar-refractivity contribution in [3.05, 3.63) is 105 Å². The van der Waals surface area contributed by atoms with Crippen molar-refractivity contribution < 1.29 is 38.1 Å². The summed E-state index contributed by atoms with van der Waals surface area (Å²) in [6.07, 6.45) is 19.0. The zero-order valence-electron chi connectivity index (χ0n) is 63.2. The maximum Gasteiger partial charge on any atom is 0.410 e. The molecule has 16 rings (SSSR count). The minimum Gasteiger partial charge on any atom is -0.495 e. The van der Waals surface area contributed by atoms with E-state index < -0.39 is 0 Å². The molecule has 4 aromatic rings. The average Bonchev–Trinajstić information content (AvgIpc) is 1.85. The number of piperidine rings is 3. The first-order chi connectivity index (χ1) is 50.6. The van der Waals surface area contributed by atoms with E-state index in [1.807, 2.05) is 84.0 Å².